The quantitative estimate of drug-likeness (QED) is 0.826. The van der Waals surface area contributed by atoms with Gasteiger partial charge in [0.05, 0.1) is 17.8 Å². The fraction of sp³-hybridized carbons (Fsp3) is 0.176. The Kier molecular flexibility index (Phi) is 6.00. The number of benzene rings is 2. The summed E-state index contributed by atoms with van der Waals surface area (Å²) in [4.78, 5) is 24.0. The molecule has 0 aliphatic carbocycles. The van der Waals surface area contributed by atoms with Crippen molar-refractivity contribution >= 4 is 29.3 Å². The Morgan fingerprint density at radius 1 is 1.09 bits per heavy atom. The Morgan fingerprint density at radius 2 is 1.74 bits per heavy atom. The van der Waals surface area contributed by atoms with Gasteiger partial charge in [-0.15, -0.1) is 0 Å². The highest BCUT2D eigenvalue weighted by atomic mass is 35.5. The first kappa shape index (κ1) is 16.8. The van der Waals surface area contributed by atoms with Crippen LogP contribution in [0.1, 0.15) is 5.56 Å². The molecule has 0 heterocycles. The number of carbonyl (C=O) groups excluding carboxylic acids is 2. The number of amides is 2. The largest absolute Gasteiger partial charge is 0.467 e. The molecule has 1 atom stereocenters. The Morgan fingerprint density at radius 3 is 2.39 bits per heavy atom. The third kappa shape index (κ3) is 5.00. The highest BCUT2D eigenvalue weighted by Crippen LogP contribution is 2.20. The van der Waals surface area contributed by atoms with Gasteiger partial charge in [-0.05, 0) is 17.7 Å². The minimum absolute atomic E-state index is 0.337. The van der Waals surface area contributed by atoms with Crippen molar-refractivity contribution in [3.05, 3.63) is 65.2 Å². The van der Waals surface area contributed by atoms with Crippen LogP contribution in [0.4, 0.5) is 10.5 Å². The zero-order valence-electron chi connectivity index (χ0n) is 12.6. The van der Waals surface area contributed by atoms with Crippen LogP contribution in [-0.4, -0.2) is 25.2 Å². The zero-order valence-corrected chi connectivity index (χ0v) is 13.3. The van der Waals surface area contributed by atoms with E-state index in [2.05, 4.69) is 10.6 Å². The Bertz CT molecular complexity index is 677. The number of ether oxygens (including phenoxy) is 1. The predicted octanol–water partition coefficient (Wildman–Crippen LogP) is 3.25. The van der Waals surface area contributed by atoms with Crippen LogP contribution in [0.15, 0.2) is 54.6 Å². The van der Waals surface area contributed by atoms with Crippen LogP contribution in [0.2, 0.25) is 5.02 Å². The molecule has 6 heteroatoms. The summed E-state index contributed by atoms with van der Waals surface area (Å²) in [7, 11) is 1.29. The molecule has 0 aromatic heterocycles. The lowest BCUT2D eigenvalue weighted by Crippen LogP contribution is -2.45. The molecule has 0 unspecified atom stereocenters. The molecule has 5 nitrogen and oxygen atoms in total. The standard InChI is InChI=1S/C17H17ClN2O3/c1-23-16(21)15(11-12-7-3-2-4-8-12)20-17(22)19-14-10-6-5-9-13(14)18/h2-10,15H,11H2,1H3,(H2,19,20,22)/t15-/m1/s1. The fourth-order valence-electron chi connectivity index (χ4n) is 2.06. The van der Waals surface area contributed by atoms with Gasteiger partial charge >= 0.3 is 12.0 Å². The first-order valence-corrected chi connectivity index (χ1v) is 7.41. The van der Waals surface area contributed by atoms with E-state index in [0.29, 0.717) is 17.1 Å². The van der Waals surface area contributed by atoms with E-state index < -0.39 is 18.0 Å². The van der Waals surface area contributed by atoms with E-state index in [0.717, 1.165) is 5.56 Å². The number of para-hydroxylation sites is 1. The van der Waals surface area contributed by atoms with E-state index in [1.807, 2.05) is 30.3 Å². The fourth-order valence-corrected chi connectivity index (χ4v) is 2.25. The number of halogens is 1. The Hall–Kier alpha value is -2.53. The summed E-state index contributed by atoms with van der Waals surface area (Å²) < 4.78 is 4.75. The van der Waals surface area contributed by atoms with Crippen molar-refractivity contribution in [3.8, 4) is 0 Å². The topological polar surface area (TPSA) is 67.4 Å². The molecular formula is C17H17ClN2O3. The van der Waals surface area contributed by atoms with Gasteiger partial charge in [-0.25, -0.2) is 9.59 Å². The molecule has 120 valence electrons. The van der Waals surface area contributed by atoms with Crippen LogP contribution in [0.25, 0.3) is 0 Å². The third-order valence-corrected chi connectivity index (χ3v) is 3.53. The minimum Gasteiger partial charge on any atom is -0.467 e. The van der Waals surface area contributed by atoms with Crippen molar-refractivity contribution in [2.75, 3.05) is 12.4 Å². The van der Waals surface area contributed by atoms with E-state index in [4.69, 9.17) is 16.3 Å². The number of hydrogen-bond donors (Lipinski definition) is 2. The third-order valence-electron chi connectivity index (χ3n) is 3.20. The van der Waals surface area contributed by atoms with E-state index in [-0.39, 0.29) is 0 Å². The van der Waals surface area contributed by atoms with Crippen LogP contribution in [0.3, 0.4) is 0 Å². The molecule has 0 fully saturated rings. The molecule has 0 aliphatic rings. The van der Waals surface area contributed by atoms with Crippen LogP contribution >= 0.6 is 11.6 Å². The van der Waals surface area contributed by atoms with Gasteiger partial charge in [0.2, 0.25) is 0 Å². The van der Waals surface area contributed by atoms with Crippen molar-refractivity contribution in [2.24, 2.45) is 0 Å². The number of esters is 1. The predicted molar refractivity (Wildman–Crippen MR) is 89.6 cm³/mol. The normalized spacial score (nSPS) is 11.4. The van der Waals surface area contributed by atoms with E-state index in [1.54, 1.807) is 24.3 Å². The maximum absolute atomic E-state index is 12.1. The van der Waals surface area contributed by atoms with Crippen molar-refractivity contribution in [1.82, 2.24) is 5.32 Å². The molecule has 2 aromatic carbocycles. The average Bonchev–Trinajstić information content (AvgIpc) is 2.56. The van der Waals surface area contributed by atoms with Gasteiger partial charge in [0.25, 0.3) is 0 Å². The minimum atomic E-state index is -0.787. The van der Waals surface area contributed by atoms with Crippen LogP contribution in [-0.2, 0) is 16.0 Å². The molecule has 2 aromatic rings. The van der Waals surface area contributed by atoms with Gasteiger partial charge in [-0.2, -0.15) is 0 Å². The summed E-state index contributed by atoms with van der Waals surface area (Å²) in [5, 5.41) is 5.64. The lowest BCUT2D eigenvalue weighted by Gasteiger charge is -2.17. The number of rotatable bonds is 5. The number of carbonyl (C=O) groups is 2. The summed E-state index contributed by atoms with van der Waals surface area (Å²) in [5.74, 6) is -0.511. The number of anilines is 1. The first-order valence-electron chi connectivity index (χ1n) is 7.04. The first-order chi connectivity index (χ1) is 11.1. The van der Waals surface area contributed by atoms with Crippen molar-refractivity contribution in [2.45, 2.75) is 12.5 Å². The summed E-state index contributed by atoms with van der Waals surface area (Å²) >= 11 is 5.99. The second-order valence-electron chi connectivity index (χ2n) is 4.84. The Labute approximate surface area is 139 Å². The Balaban J connectivity index is 2.04. The molecule has 0 aliphatic heterocycles. The highest BCUT2D eigenvalue weighted by Gasteiger charge is 2.22. The van der Waals surface area contributed by atoms with Gasteiger partial charge in [0, 0.05) is 6.42 Å². The molecule has 0 saturated heterocycles. The molecule has 2 N–H and O–H groups in total. The van der Waals surface area contributed by atoms with Gasteiger partial charge in [0.1, 0.15) is 6.04 Å². The van der Waals surface area contributed by atoms with Crippen LogP contribution < -0.4 is 10.6 Å². The lowest BCUT2D eigenvalue weighted by molar-refractivity contribution is -0.142. The summed E-state index contributed by atoms with van der Waals surface area (Å²) in [6, 6.07) is 14.9. The van der Waals surface area contributed by atoms with Crippen molar-refractivity contribution < 1.29 is 14.3 Å². The van der Waals surface area contributed by atoms with E-state index in [9.17, 15) is 9.59 Å². The number of urea groups is 1. The van der Waals surface area contributed by atoms with E-state index >= 15 is 0 Å². The maximum atomic E-state index is 12.1. The molecule has 0 spiro atoms. The van der Waals surface area contributed by atoms with Crippen LogP contribution in [0.5, 0.6) is 0 Å². The highest BCUT2D eigenvalue weighted by molar-refractivity contribution is 6.33. The molecule has 0 saturated carbocycles. The van der Waals surface area contributed by atoms with Gasteiger partial charge in [-0.3, -0.25) is 0 Å². The van der Waals surface area contributed by atoms with Crippen molar-refractivity contribution in [3.63, 3.8) is 0 Å². The maximum Gasteiger partial charge on any atom is 0.328 e. The smallest absolute Gasteiger partial charge is 0.328 e. The summed E-state index contributed by atoms with van der Waals surface area (Å²) in [5.41, 5.74) is 1.39. The number of nitrogens with one attached hydrogen (secondary N) is 2. The second kappa shape index (κ2) is 8.19. The number of methoxy groups -OCH3 is 1. The molecule has 2 amide bonds. The molecule has 23 heavy (non-hydrogen) atoms. The zero-order chi connectivity index (χ0) is 16.7. The molecule has 0 bridgehead atoms. The summed E-state index contributed by atoms with van der Waals surface area (Å²) in [6.45, 7) is 0. The summed E-state index contributed by atoms with van der Waals surface area (Å²) in [6.07, 6.45) is 0.337. The SMILES string of the molecule is COC(=O)[C@@H](Cc1ccccc1)NC(=O)Nc1ccccc1Cl. The average molecular weight is 333 g/mol. The lowest BCUT2D eigenvalue weighted by atomic mass is 10.1. The molecule has 2 rings (SSSR count). The monoisotopic (exact) mass is 332 g/mol. The van der Waals surface area contributed by atoms with Gasteiger partial charge < -0.3 is 15.4 Å². The van der Waals surface area contributed by atoms with E-state index in [1.165, 1.54) is 7.11 Å². The molecule has 0 radical (unpaired) electrons. The number of hydrogen-bond acceptors (Lipinski definition) is 3. The molecular weight excluding hydrogens is 316 g/mol. The van der Waals surface area contributed by atoms with Crippen LogP contribution in [0, 0.1) is 0 Å². The second-order valence-corrected chi connectivity index (χ2v) is 5.25. The van der Waals surface area contributed by atoms with Gasteiger partial charge in [-0.1, -0.05) is 54.1 Å². The van der Waals surface area contributed by atoms with Gasteiger partial charge in [0.15, 0.2) is 0 Å². The van der Waals surface area contributed by atoms with Crippen molar-refractivity contribution in [1.29, 1.82) is 0 Å².